The zero-order valence-corrected chi connectivity index (χ0v) is 18.8. The lowest BCUT2D eigenvalue weighted by Gasteiger charge is -2.34. The molecule has 3 aromatic heterocycles. The molecule has 1 fully saturated rings. The fourth-order valence-electron chi connectivity index (χ4n) is 3.25. The predicted octanol–water partition coefficient (Wildman–Crippen LogP) is 2.49. The van der Waals surface area contributed by atoms with Crippen molar-refractivity contribution in [1.29, 1.82) is 0 Å². The number of morpholine rings is 1. The van der Waals surface area contributed by atoms with Crippen LogP contribution in [0.2, 0.25) is 5.02 Å². The van der Waals surface area contributed by atoms with Crippen LogP contribution in [0.4, 0.5) is 0 Å². The second-order valence-electron chi connectivity index (χ2n) is 6.50. The summed E-state index contributed by atoms with van der Waals surface area (Å²) < 4.78 is 9.63. The fraction of sp³-hybridized carbons (Fsp3) is 0.389. The van der Waals surface area contributed by atoms with Crippen LogP contribution in [0.5, 0.6) is 0 Å². The highest BCUT2D eigenvalue weighted by Crippen LogP contribution is 2.21. The van der Waals surface area contributed by atoms with E-state index in [1.54, 1.807) is 11.7 Å². The third kappa shape index (κ3) is 4.58. The van der Waals surface area contributed by atoms with E-state index < -0.39 is 0 Å². The highest BCUT2D eigenvalue weighted by atomic mass is 127. The lowest BCUT2D eigenvalue weighted by atomic mass is 10.1. The Kier molecular flexibility index (Phi) is 6.78. The third-order valence-electron chi connectivity index (χ3n) is 4.57. The Labute approximate surface area is 185 Å². The summed E-state index contributed by atoms with van der Waals surface area (Å²) in [7, 11) is 3.70. The summed E-state index contributed by atoms with van der Waals surface area (Å²) in [5, 5.41) is 8.32. The number of guanidine groups is 1. The van der Waals surface area contributed by atoms with Gasteiger partial charge in [0.05, 0.1) is 36.6 Å². The van der Waals surface area contributed by atoms with Crippen molar-refractivity contribution in [3.8, 4) is 0 Å². The van der Waals surface area contributed by atoms with E-state index in [1.165, 1.54) is 0 Å². The van der Waals surface area contributed by atoms with Crippen molar-refractivity contribution in [3.63, 3.8) is 0 Å². The van der Waals surface area contributed by atoms with Gasteiger partial charge in [-0.2, -0.15) is 5.10 Å². The minimum Gasteiger partial charge on any atom is -0.370 e. The number of imidazole rings is 1. The second kappa shape index (κ2) is 9.10. The Morgan fingerprint density at radius 1 is 1.36 bits per heavy atom. The molecule has 0 aromatic carbocycles. The molecule has 0 aliphatic carbocycles. The molecule has 0 amide bonds. The van der Waals surface area contributed by atoms with Crippen molar-refractivity contribution in [3.05, 3.63) is 53.2 Å². The lowest BCUT2D eigenvalue weighted by Crippen LogP contribution is -2.47. The van der Waals surface area contributed by atoms with Crippen LogP contribution in [0.3, 0.4) is 0 Å². The molecule has 150 valence electrons. The molecule has 10 heteroatoms. The highest BCUT2D eigenvalue weighted by Gasteiger charge is 2.25. The van der Waals surface area contributed by atoms with Crippen LogP contribution in [0.25, 0.3) is 5.65 Å². The van der Waals surface area contributed by atoms with E-state index >= 15 is 0 Å². The van der Waals surface area contributed by atoms with Crippen LogP contribution >= 0.6 is 35.6 Å². The molecule has 0 radical (unpaired) electrons. The molecule has 4 heterocycles. The van der Waals surface area contributed by atoms with Gasteiger partial charge in [0.2, 0.25) is 0 Å². The molecule has 8 nitrogen and oxygen atoms in total. The quantitative estimate of drug-likeness (QED) is 0.330. The number of nitrogens with one attached hydrogen (secondary N) is 1. The van der Waals surface area contributed by atoms with Crippen molar-refractivity contribution in [2.75, 3.05) is 26.7 Å². The van der Waals surface area contributed by atoms with Gasteiger partial charge in [0.25, 0.3) is 0 Å². The number of ether oxygens (including phenoxy) is 1. The Morgan fingerprint density at radius 2 is 2.21 bits per heavy atom. The van der Waals surface area contributed by atoms with Crippen molar-refractivity contribution in [2.45, 2.75) is 12.6 Å². The van der Waals surface area contributed by atoms with Gasteiger partial charge in [-0.25, -0.2) is 4.98 Å². The minimum atomic E-state index is -0.0108. The van der Waals surface area contributed by atoms with Crippen LogP contribution in [-0.2, 0) is 18.3 Å². The SMILES string of the molecule is CN=C(NCc1cn2cc(Cl)ccc2n1)N1CCOC(c2cnn(C)c2)C1.I. The number of pyridine rings is 1. The first-order valence-electron chi connectivity index (χ1n) is 8.81. The van der Waals surface area contributed by atoms with E-state index in [9.17, 15) is 0 Å². The second-order valence-corrected chi connectivity index (χ2v) is 6.94. The van der Waals surface area contributed by atoms with Gasteiger partial charge in [0.1, 0.15) is 11.8 Å². The predicted molar refractivity (Wildman–Crippen MR) is 119 cm³/mol. The first kappa shape index (κ1) is 20.9. The lowest BCUT2D eigenvalue weighted by molar-refractivity contribution is -0.00805. The average Bonchev–Trinajstić information content (AvgIpc) is 3.28. The van der Waals surface area contributed by atoms with Crippen LogP contribution in [-0.4, -0.2) is 56.8 Å². The monoisotopic (exact) mass is 515 g/mol. The number of hydrogen-bond acceptors (Lipinski definition) is 4. The molecule has 1 unspecified atom stereocenters. The molecule has 0 spiro atoms. The van der Waals surface area contributed by atoms with E-state index in [2.05, 4.69) is 25.3 Å². The van der Waals surface area contributed by atoms with Gasteiger partial charge in [0.15, 0.2) is 5.96 Å². The first-order valence-corrected chi connectivity index (χ1v) is 9.19. The highest BCUT2D eigenvalue weighted by molar-refractivity contribution is 14.0. The summed E-state index contributed by atoms with van der Waals surface area (Å²) in [4.78, 5) is 11.2. The maximum atomic E-state index is 6.04. The fourth-order valence-corrected chi connectivity index (χ4v) is 3.42. The smallest absolute Gasteiger partial charge is 0.194 e. The van der Waals surface area contributed by atoms with E-state index in [0.29, 0.717) is 18.2 Å². The molecule has 1 N–H and O–H groups in total. The zero-order valence-electron chi connectivity index (χ0n) is 15.7. The summed E-state index contributed by atoms with van der Waals surface area (Å²) in [6.45, 7) is 2.75. The van der Waals surface area contributed by atoms with Gasteiger partial charge in [-0.1, -0.05) is 11.6 Å². The Morgan fingerprint density at radius 3 is 2.96 bits per heavy atom. The molecule has 1 aliphatic heterocycles. The summed E-state index contributed by atoms with van der Waals surface area (Å²) in [5.74, 6) is 0.835. The number of aryl methyl sites for hydroxylation is 1. The number of fused-ring (bicyclic) bond motifs is 1. The van der Waals surface area contributed by atoms with E-state index in [4.69, 9.17) is 16.3 Å². The topological polar surface area (TPSA) is 72.0 Å². The zero-order chi connectivity index (χ0) is 18.8. The normalized spacial score (nSPS) is 17.6. The largest absolute Gasteiger partial charge is 0.370 e. The number of rotatable bonds is 3. The number of halogens is 2. The molecule has 0 saturated carbocycles. The van der Waals surface area contributed by atoms with E-state index in [1.807, 2.05) is 48.4 Å². The average molecular weight is 516 g/mol. The minimum absolute atomic E-state index is 0. The Balaban J connectivity index is 0.00000225. The van der Waals surface area contributed by atoms with Crippen molar-refractivity contribution >= 4 is 47.2 Å². The van der Waals surface area contributed by atoms with Gasteiger partial charge in [-0.3, -0.25) is 9.67 Å². The summed E-state index contributed by atoms with van der Waals surface area (Å²) in [5.41, 5.74) is 2.87. The van der Waals surface area contributed by atoms with Gasteiger partial charge < -0.3 is 19.4 Å². The molecule has 28 heavy (non-hydrogen) atoms. The van der Waals surface area contributed by atoms with Gasteiger partial charge >= 0.3 is 0 Å². The van der Waals surface area contributed by atoms with Crippen LogP contribution in [0.1, 0.15) is 17.4 Å². The van der Waals surface area contributed by atoms with Gasteiger partial charge in [0, 0.05) is 44.8 Å². The molecule has 1 saturated heterocycles. The Hall–Kier alpha value is -1.85. The van der Waals surface area contributed by atoms with Crippen molar-refractivity contribution in [1.82, 2.24) is 29.4 Å². The summed E-state index contributed by atoms with van der Waals surface area (Å²) in [6, 6.07) is 3.74. The maximum Gasteiger partial charge on any atom is 0.194 e. The molecule has 1 aliphatic rings. The standard InChI is InChI=1S/C18H22ClN7O.HI/c1-20-18(21-8-15-11-26-10-14(19)3-4-17(26)23-15)25-5-6-27-16(12-25)13-7-22-24(2)9-13;/h3-4,7,9-11,16H,5-6,8,12H2,1-2H3,(H,20,21);1H. The molecule has 3 aromatic rings. The number of nitrogens with zero attached hydrogens (tertiary/aromatic N) is 6. The van der Waals surface area contributed by atoms with E-state index in [-0.39, 0.29) is 30.1 Å². The maximum absolute atomic E-state index is 6.04. The van der Waals surface area contributed by atoms with Gasteiger partial charge in [-0.05, 0) is 12.1 Å². The van der Waals surface area contributed by atoms with Gasteiger partial charge in [-0.15, -0.1) is 24.0 Å². The van der Waals surface area contributed by atoms with Crippen molar-refractivity contribution in [2.24, 2.45) is 12.0 Å². The number of hydrogen-bond donors (Lipinski definition) is 1. The van der Waals surface area contributed by atoms with E-state index in [0.717, 1.165) is 36.0 Å². The number of aliphatic imine (C=N–C) groups is 1. The van der Waals surface area contributed by atoms with Crippen molar-refractivity contribution < 1.29 is 4.74 Å². The van der Waals surface area contributed by atoms with Crippen LogP contribution < -0.4 is 5.32 Å². The Bertz CT molecular complexity index is 970. The summed E-state index contributed by atoms with van der Waals surface area (Å²) in [6.07, 6.45) is 7.66. The molecular weight excluding hydrogens is 493 g/mol. The molecule has 1 atom stereocenters. The van der Waals surface area contributed by atoms with Crippen LogP contribution in [0, 0.1) is 0 Å². The first-order chi connectivity index (χ1) is 13.1. The number of aromatic nitrogens is 4. The molecular formula is C18H23ClIN7O. The third-order valence-corrected chi connectivity index (χ3v) is 4.79. The van der Waals surface area contributed by atoms with Crippen LogP contribution in [0.15, 0.2) is 41.9 Å². The summed E-state index contributed by atoms with van der Waals surface area (Å²) >= 11 is 6.04. The molecule has 0 bridgehead atoms. The molecule has 4 rings (SSSR count).